The molecule has 0 N–H and O–H groups in total. The second-order valence-electron chi connectivity index (χ2n) is 4.89. The quantitative estimate of drug-likeness (QED) is 0.785. The van der Waals surface area contributed by atoms with Gasteiger partial charge in [-0.2, -0.15) is 15.6 Å². The van der Waals surface area contributed by atoms with E-state index in [9.17, 15) is 0 Å². The first-order valence-corrected chi connectivity index (χ1v) is 6.22. The van der Waals surface area contributed by atoms with Crippen LogP contribution < -0.4 is 0 Å². The summed E-state index contributed by atoms with van der Waals surface area (Å²) in [5.41, 5.74) is 1.18. The fourth-order valence-electron chi connectivity index (χ4n) is 2.24. The molecule has 1 saturated heterocycles. The maximum absolute atomic E-state index is 9.00. The van der Waals surface area contributed by atoms with Crippen LogP contribution in [0, 0.1) is 35.5 Å². The van der Waals surface area contributed by atoms with Crippen LogP contribution in [0.5, 0.6) is 0 Å². The number of hydrogen-bond acceptors (Lipinski definition) is 4. The van der Waals surface area contributed by atoms with Crippen LogP contribution in [0.2, 0.25) is 0 Å². The van der Waals surface area contributed by atoms with Gasteiger partial charge < -0.3 is 0 Å². The van der Waals surface area contributed by atoms with Crippen LogP contribution in [0.4, 0.5) is 0 Å². The number of hydrogen-bond donors (Lipinski definition) is 0. The minimum Gasteiger partial charge on any atom is -0.298 e. The molecule has 2 heterocycles. The van der Waals surface area contributed by atoms with E-state index in [4.69, 9.17) is 10.5 Å². The standard InChI is InChI=1S/C13H17N5/c1-11-6-16-18(7-11)13-9-17(10-13)8-12(5-15)3-2-4-14/h6-7,12-13H,2-3,8-10H2,1H3. The SMILES string of the molecule is Cc1cnn(C2CN(CC(C#N)CCC#N)C2)c1. The molecular weight excluding hydrogens is 226 g/mol. The van der Waals surface area contributed by atoms with Crippen molar-refractivity contribution in [2.24, 2.45) is 5.92 Å². The van der Waals surface area contributed by atoms with E-state index in [1.165, 1.54) is 5.56 Å². The van der Waals surface area contributed by atoms with Gasteiger partial charge in [0.05, 0.1) is 30.3 Å². The number of rotatable bonds is 5. The Morgan fingerprint density at radius 3 is 2.83 bits per heavy atom. The number of nitriles is 2. The molecule has 0 spiro atoms. The number of nitrogens with zero attached hydrogens (tertiary/aromatic N) is 5. The number of aromatic nitrogens is 2. The van der Waals surface area contributed by atoms with Gasteiger partial charge in [0.15, 0.2) is 0 Å². The van der Waals surface area contributed by atoms with Crippen LogP contribution in [0.25, 0.3) is 0 Å². The second-order valence-corrected chi connectivity index (χ2v) is 4.89. The molecule has 1 aromatic rings. The minimum atomic E-state index is -0.0232. The van der Waals surface area contributed by atoms with Gasteiger partial charge >= 0.3 is 0 Å². The molecule has 0 aliphatic carbocycles. The molecule has 0 radical (unpaired) electrons. The topological polar surface area (TPSA) is 68.6 Å². The molecule has 1 fully saturated rings. The highest BCUT2D eigenvalue weighted by Gasteiger charge is 2.30. The zero-order valence-corrected chi connectivity index (χ0v) is 10.6. The highest BCUT2D eigenvalue weighted by atomic mass is 15.4. The Kier molecular flexibility index (Phi) is 3.96. The summed E-state index contributed by atoms with van der Waals surface area (Å²) in [6, 6.07) is 4.81. The predicted octanol–water partition coefficient (Wildman–Crippen LogP) is 1.49. The van der Waals surface area contributed by atoms with Crippen LogP contribution in [0.3, 0.4) is 0 Å². The Morgan fingerprint density at radius 1 is 1.50 bits per heavy atom. The van der Waals surface area contributed by atoms with Crippen LogP contribution in [0.1, 0.15) is 24.4 Å². The van der Waals surface area contributed by atoms with Gasteiger partial charge in [0, 0.05) is 32.3 Å². The summed E-state index contributed by atoms with van der Waals surface area (Å²) < 4.78 is 2.00. The Labute approximate surface area is 107 Å². The third-order valence-electron chi connectivity index (χ3n) is 3.31. The Bertz CT molecular complexity index is 472. The van der Waals surface area contributed by atoms with Crippen LogP contribution in [0.15, 0.2) is 12.4 Å². The third-order valence-corrected chi connectivity index (χ3v) is 3.31. The largest absolute Gasteiger partial charge is 0.298 e. The average molecular weight is 243 g/mol. The van der Waals surface area contributed by atoms with Crippen molar-refractivity contribution in [1.82, 2.24) is 14.7 Å². The Balaban J connectivity index is 1.76. The molecular formula is C13H17N5. The smallest absolute Gasteiger partial charge is 0.0772 e. The average Bonchev–Trinajstić information content (AvgIpc) is 2.73. The van der Waals surface area contributed by atoms with Gasteiger partial charge in [0.25, 0.3) is 0 Å². The van der Waals surface area contributed by atoms with Gasteiger partial charge in [0.2, 0.25) is 0 Å². The monoisotopic (exact) mass is 243 g/mol. The summed E-state index contributed by atoms with van der Waals surface area (Å²) in [6.45, 7) is 4.71. The molecule has 1 aromatic heterocycles. The van der Waals surface area contributed by atoms with Gasteiger partial charge in [0.1, 0.15) is 0 Å². The molecule has 2 rings (SSSR count). The lowest BCUT2D eigenvalue weighted by Gasteiger charge is -2.40. The highest BCUT2D eigenvalue weighted by Crippen LogP contribution is 2.22. The maximum atomic E-state index is 9.00. The van der Waals surface area contributed by atoms with Crippen LogP contribution >= 0.6 is 0 Å². The molecule has 0 aromatic carbocycles. The Hall–Kier alpha value is -1.85. The van der Waals surface area contributed by atoms with Crippen molar-refractivity contribution in [1.29, 1.82) is 10.5 Å². The van der Waals surface area contributed by atoms with Crippen molar-refractivity contribution >= 4 is 0 Å². The first-order chi connectivity index (χ1) is 8.72. The molecule has 5 heteroatoms. The summed E-state index contributed by atoms with van der Waals surface area (Å²) in [4.78, 5) is 2.26. The van der Waals surface area contributed by atoms with Crippen molar-refractivity contribution in [2.75, 3.05) is 19.6 Å². The summed E-state index contributed by atoms with van der Waals surface area (Å²) in [6.07, 6.45) is 5.07. The predicted molar refractivity (Wildman–Crippen MR) is 66.4 cm³/mol. The summed E-state index contributed by atoms with van der Waals surface area (Å²) >= 11 is 0. The summed E-state index contributed by atoms with van der Waals surface area (Å²) in [5.74, 6) is -0.0232. The molecule has 94 valence electrons. The molecule has 1 aliphatic heterocycles. The fraction of sp³-hybridized carbons (Fsp3) is 0.615. The van der Waals surface area contributed by atoms with E-state index in [2.05, 4.69) is 28.3 Å². The van der Waals surface area contributed by atoms with Gasteiger partial charge in [-0.25, -0.2) is 0 Å². The van der Waals surface area contributed by atoms with Gasteiger partial charge in [-0.15, -0.1) is 0 Å². The fourth-order valence-corrected chi connectivity index (χ4v) is 2.24. The Morgan fingerprint density at radius 2 is 2.28 bits per heavy atom. The van der Waals surface area contributed by atoms with Crippen molar-refractivity contribution in [3.05, 3.63) is 18.0 Å². The lowest BCUT2D eigenvalue weighted by Crippen LogP contribution is -2.49. The number of likely N-dealkylation sites (tertiary alicyclic amines) is 1. The van der Waals surface area contributed by atoms with Crippen molar-refractivity contribution in [3.8, 4) is 12.1 Å². The molecule has 0 amide bonds. The van der Waals surface area contributed by atoms with E-state index < -0.39 is 0 Å². The van der Waals surface area contributed by atoms with Crippen molar-refractivity contribution in [3.63, 3.8) is 0 Å². The van der Waals surface area contributed by atoms with E-state index >= 15 is 0 Å². The molecule has 1 atom stereocenters. The lowest BCUT2D eigenvalue weighted by molar-refractivity contribution is 0.0872. The molecule has 0 bridgehead atoms. The second kappa shape index (κ2) is 5.66. The normalized spacial score (nSPS) is 17.7. The van der Waals surface area contributed by atoms with Gasteiger partial charge in [-0.3, -0.25) is 9.58 Å². The summed E-state index contributed by atoms with van der Waals surface area (Å²) in [5, 5.41) is 21.8. The number of aryl methyl sites for hydroxylation is 1. The molecule has 5 nitrogen and oxygen atoms in total. The summed E-state index contributed by atoms with van der Waals surface area (Å²) in [7, 11) is 0. The van der Waals surface area contributed by atoms with E-state index in [1.54, 1.807) is 0 Å². The lowest BCUT2D eigenvalue weighted by atomic mass is 10.0. The van der Waals surface area contributed by atoms with E-state index in [0.29, 0.717) is 18.9 Å². The maximum Gasteiger partial charge on any atom is 0.0772 e. The highest BCUT2D eigenvalue weighted by molar-refractivity contribution is 5.02. The van der Waals surface area contributed by atoms with E-state index in [-0.39, 0.29) is 5.92 Å². The molecule has 1 aliphatic rings. The minimum absolute atomic E-state index is 0.0232. The van der Waals surface area contributed by atoms with Crippen molar-refractivity contribution < 1.29 is 0 Å². The van der Waals surface area contributed by atoms with E-state index in [1.807, 2.05) is 17.8 Å². The van der Waals surface area contributed by atoms with E-state index in [0.717, 1.165) is 19.6 Å². The molecule has 1 unspecified atom stereocenters. The van der Waals surface area contributed by atoms with Crippen LogP contribution in [-0.2, 0) is 0 Å². The molecule has 0 saturated carbocycles. The first-order valence-electron chi connectivity index (χ1n) is 6.22. The first kappa shape index (κ1) is 12.6. The van der Waals surface area contributed by atoms with Gasteiger partial charge in [-0.05, 0) is 18.9 Å². The van der Waals surface area contributed by atoms with Gasteiger partial charge in [-0.1, -0.05) is 0 Å². The van der Waals surface area contributed by atoms with Crippen LogP contribution in [-0.4, -0.2) is 34.3 Å². The van der Waals surface area contributed by atoms with Crippen molar-refractivity contribution in [2.45, 2.75) is 25.8 Å². The zero-order chi connectivity index (χ0) is 13.0. The zero-order valence-electron chi connectivity index (χ0n) is 10.6. The molecule has 18 heavy (non-hydrogen) atoms. The third kappa shape index (κ3) is 2.88.